The number of hydrogen-bond acceptors (Lipinski definition) is 4. The maximum atomic E-state index is 14.3. The highest BCUT2D eigenvalue weighted by atomic mass is 35.5. The number of halogens is 4. The molecule has 0 saturated carbocycles. The van der Waals surface area contributed by atoms with E-state index in [1.54, 1.807) is 31.3 Å². The molecule has 1 amide bonds. The van der Waals surface area contributed by atoms with Gasteiger partial charge in [-0.2, -0.15) is 18.3 Å². The Kier molecular flexibility index (Phi) is 6.00. The molecule has 0 aliphatic carbocycles. The van der Waals surface area contributed by atoms with Gasteiger partial charge < -0.3 is 14.2 Å². The molecule has 3 heterocycles. The molecule has 1 aliphatic heterocycles. The number of nitrogens with zero attached hydrogens (tertiary/aromatic N) is 5. The van der Waals surface area contributed by atoms with Crippen LogP contribution in [0.1, 0.15) is 27.6 Å². The highest BCUT2D eigenvalue weighted by Crippen LogP contribution is 2.41. The maximum absolute atomic E-state index is 14.3. The Morgan fingerprint density at radius 2 is 1.84 bits per heavy atom. The lowest BCUT2D eigenvalue weighted by molar-refractivity contribution is -0.143. The molecule has 0 unspecified atom stereocenters. The molecule has 32 heavy (non-hydrogen) atoms. The number of aryl methyl sites for hydroxylation is 1. The van der Waals surface area contributed by atoms with Crippen molar-refractivity contribution in [2.24, 2.45) is 7.05 Å². The predicted octanol–water partition coefficient (Wildman–Crippen LogP) is 3.78. The number of rotatable bonds is 4. The summed E-state index contributed by atoms with van der Waals surface area (Å²) >= 11 is 5.99. The largest absolute Gasteiger partial charge is 0.431 e. The first kappa shape index (κ1) is 22.3. The topological polar surface area (TPSA) is 65.2 Å². The number of carbonyl (C=O) groups is 1. The average molecular weight is 468 g/mol. The Morgan fingerprint density at radius 1 is 1.19 bits per heavy atom. The molecule has 0 bridgehead atoms. The lowest BCUT2D eigenvalue weighted by Gasteiger charge is -2.28. The fourth-order valence-corrected chi connectivity index (χ4v) is 4.10. The van der Waals surface area contributed by atoms with Crippen molar-refractivity contribution in [3.05, 3.63) is 58.4 Å². The molecular weight excluding hydrogens is 447 g/mol. The van der Waals surface area contributed by atoms with E-state index >= 15 is 0 Å². The van der Waals surface area contributed by atoms with Crippen molar-refractivity contribution < 1.29 is 22.7 Å². The zero-order valence-electron chi connectivity index (χ0n) is 17.5. The van der Waals surface area contributed by atoms with Crippen molar-refractivity contribution in [3.8, 4) is 11.1 Å². The van der Waals surface area contributed by atoms with Gasteiger partial charge in [0.25, 0.3) is 5.91 Å². The smallest absolute Gasteiger partial charge is 0.378 e. The van der Waals surface area contributed by atoms with Crippen LogP contribution in [0, 0.1) is 6.92 Å². The predicted molar refractivity (Wildman–Crippen MR) is 111 cm³/mol. The van der Waals surface area contributed by atoms with E-state index in [9.17, 15) is 18.0 Å². The summed E-state index contributed by atoms with van der Waals surface area (Å²) in [7, 11) is 1.63. The number of amides is 1. The lowest BCUT2D eigenvalue weighted by Crippen LogP contribution is -2.41. The Labute approximate surface area is 187 Å². The van der Waals surface area contributed by atoms with Crippen molar-refractivity contribution >= 4 is 17.5 Å². The van der Waals surface area contributed by atoms with Crippen molar-refractivity contribution in [1.29, 1.82) is 0 Å². The summed E-state index contributed by atoms with van der Waals surface area (Å²) in [6.07, 6.45) is -3.29. The van der Waals surface area contributed by atoms with Crippen molar-refractivity contribution in [1.82, 2.24) is 24.2 Å². The summed E-state index contributed by atoms with van der Waals surface area (Å²) < 4.78 is 50.5. The van der Waals surface area contributed by atoms with Crippen LogP contribution < -0.4 is 0 Å². The van der Waals surface area contributed by atoms with Crippen LogP contribution in [0.25, 0.3) is 11.1 Å². The van der Waals surface area contributed by atoms with E-state index in [1.165, 1.54) is 22.8 Å². The van der Waals surface area contributed by atoms with Crippen LogP contribution in [0.2, 0.25) is 5.02 Å². The molecule has 2 aromatic heterocycles. The third-order valence-electron chi connectivity index (χ3n) is 5.36. The minimum Gasteiger partial charge on any atom is -0.378 e. The second-order valence-corrected chi connectivity index (χ2v) is 7.96. The van der Waals surface area contributed by atoms with Crippen LogP contribution in [0.4, 0.5) is 13.2 Å². The van der Waals surface area contributed by atoms with E-state index in [4.69, 9.17) is 16.3 Å². The molecule has 0 N–H and O–H groups in total. The van der Waals surface area contributed by atoms with E-state index < -0.39 is 17.8 Å². The minimum absolute atomic E-state index is 0.0348. The zero-order chi connectivity index (χ0) is 23.0. The van der Waals surface area contributed by atoms with Crippen LogP contribution in [0.5, 0.6) is 0 Å². The number of benzene rings is 1. The van der Waals surface area contributed by atoms with Gasteiger partial charge in [-0.05, 0) is 30.2 Å². The first-order valence-corrected chi connectivity index (χ1v) is 10.3. The lowest BCUT2D eigenvalue weighted by atomic mass is 10.00. The first-order valence-electron chi connectivity index (χ1n) is 9.94. The molecule has 0 radical (unpaired) electrons. The molecule has 4 rings (SSSR count). The van der Waals surface area contributed by atoms with Crippen LogP contribution in [-0.2, 0) is 24.5 Å². The van der Waals surface area contributed by atoms with Gasteiger partial charge in [-0.15, -0.1) is 0 Å². The monoisotopic (exact) mass is 467 g/mol. The quantitative estimate of drug-likeness (QED) is 0.585. The van der Waals surface area contributed by atoms with Crippen LogP contribution in [0.3, 0.4) is 0 Å². The van der Waals surface area contributed by atoms with Gasteiger partial charge in [0.15, 0.2) is 5.82 Å². The summed E-state index contributed by atoms with van der Waals surface area (Å²) in [5, 5.41) is 4.57. The zero-order valence-corrected chi connectivity index (χ0v) is 18.2. The van der Waals surface area contributed by atoms with E-state index in [1.807, 2.05) is 0 Å². The fraction of sp³-hybridized carbons (Fsp3) is 0.381. The molecule has 1 aromatic carbocycles. The second-order valence-electron chi connectivity index (χ2n) is 7.53. The molecule has 0 spiro atoms. The van der Waals surface area contributed by atoms with E-state index in [-0.39, 0.29) is 29.2 Å². The van der Waals surface area contributed by atoms with Gasteiger partial charge in [0, 0.05) is 30.7 Å². The number of carbonyl (C=O) groups excluding carboxylic acids is 1. The highest BCUT2D eigenvalue weighted by molar-refractivity contribution is 6.30. The number of alkyl halides is 3. The third kappa shape index (κ3) is 4.24. The average Bonchev–Trinajstić information content (AvgIpc) is 3.29. The van der Waals surface area contributed by atoms with Gasteiger partial charge in [0.1, 0.15) is 17.7 Å². The van der Waals surface area contributed by atoms with Gasteiger partial charge in [-0.3, -0.25) is 9.48 Å². The number of ether oxygens (including phenoxy) is 1. The van der Waals surface area contributed by atoms with Gasteiger partial charge in [-0.1, -0.05) is 23.7 Å². The van der Waals surface area contributed by atoms with Crippen molar-refractivity contribution in [3.63, 3.8) is 0 Å². The van der Waals surface area contributed by atoms with Gasteiger partial charge in [0.05, 0.1) is 19.8 Å². The van der Waals surface area contributed by atoms with Crippen LogP contribution in [-0.4, -0.2) is 56.4 Å². The normalized spacial score (nSPS) is 14.8. The standard InChI is InChI=1S/C21H21ClF3N5O2/c1-13-17(14-3-5-15(22)6-4-14)18(20(31)29-7-9-32-10-8-29)30(19(13)21(23,24)25)11-16-26-12-28(2)27-16/h3-6,12H,7-11H2,1-2H3. The molecule has 1 fully saturated rings. The summed E-state index contributed by atoms with van der Waals surface area (Å²) in [6.45, 7) is 2.34. The Bertz CT molecular complexity index is 1130. The SMILES string of the molecule is Cc1c(-c2ccc(Cl)cc2)c(C(=O)N2CCOCC2)n(Cc2ncn(C)n2)c1C(F)(F)F. The Balaban J connectivity index is 1.97. The van der Waals surface area contributed by atoms with Gasteiger partial charge >= 0.3 is 6.18 Å². The first-order chi connectivity index (χ1) is 15.2. The third-order valence-corrected chi connectivity index (χ3v) is 5.61. The maximum Gasteiger partial charge on any atom is 0.431 e. The molecule has 0 atom stereocenters. The molecule has 170 valence electrons. The number of morpholine rings is 1. The summed E-state index contributed by atoms with van der Waals surface area (Å²) in [6, 6.07) is 6.41. The minimum atomic E-state index is -4.69. The van der Waals surface area contributed by atoms with Gasteiger partial charge in [0.2, 0.25) is 0 Å². The summed E-state index contributed by atoms with van der Waals surface area (Å²) in [4.78, 5) is 19.2. The Hall–Kier alpha value is -2.85. The molecule has 11 heteroatoms. The van der Waals surface area contributed by atoms with E-state index in [2.05, 4.69) is 10.1 Å². The molecule has 7 nitrogen and oxygen atoms in total. The highest BCUT2D eigenvalue weighted by Gasteiger charge is 2.42. The fourth-order valence-electron chi connectivity index (χ4n) is 3.98. The Morgan fingerprint density at radius 3 is 2.41 bits per heavy atom. The molecule has 1 saturated heterocycles. The molecule has 3 aromatic rings. The number of aromatic nitrogens is 4. The molecular formula is C21H21ClF3N5O2. The van der Waals surface area contributed by atoms with Crippen molar-refractivity contribution in [2.45, 2.75) is 19.6 Å². The summed E-state index contributed by atoms with van der Waals surface area (Å²) in [5.41, 5.74) is -0.284. The van der Waals surface area contributed by atoms with E-state index in [0.717, 1.165) is 4.57 Å². The van der Waals surface area contributed by atoms with Crippen LogP contribution >= 0.6 is 11.6 Å². The van der Waals surface area contributed by atoms with Crippen LogP contribution in [0.15, 0.2) is 30.6 Å². The van der Waals surface area contributed by atoms with E-state index in [0.29, 0.717) is 36.9 Å². The number of hydrogen-bond donors (Lipinski definition) is 0. The van der Waals surface area contributed by atoms with Crippen molar-refractivity contribution in [2.75, 3.05) is 26.3 Å². The second kappa shape index (κ2) is 8.59. The summed E-state index contributed by atoms with van der Waals surface area (Å²) in [5.74, 6) is -0.320. The molecule has 1 aliphatic rings. The van der Waals surface area contributed by atoms with Gasteiger partial charge in [-0.25, -0.2) is 4.98 Å².